The Hall–Kier alpha value is -3.19. The van der Waals surface area contributed by atoms with Crippen molar-refractivity contribution in [1.82, 2.24) is 4.57 Å². The number of aliphatic hydroxyl groups is 1. The van der Waals surface area contributed by atoms with Crippen molar-refractivity contribution in [2.45, 2.75) is 39.7 Å². The summed E-state index contributed by atoms with van der Waals surface area (Å²) >= 11 is 0. The second kappa shape index (κ2) is 10.9. The Labute approximate surface area is 186 Å². The van der Waals surface area contributed by atoms with Crippen LogP contribution in [0, 0.1) is 5.82 Å². The summed E-state index contributed by atoms with van der Waals surface area (Å²) in [4.78, 5) is 25.7. The molecule has 3 aromatic rings. The summed E-state index contributed by atoms with van der Waals surface area (Å²) in [5.41, 5.74) is 1.68. The molecule has 2 aromatic carbocycles. The molecule has 0 saturated heterocycles. The van der Waals surface area contributed by atoms with Crippen molar-refractivity contribution in [2.24, 2.45) is 0 Å². The molecule has 0 unspecified atom stereocenters. The van der Waals surface area contributed by atoms with Gasteiger partial charge in [-0.05, 0) is 49.1 Å². The van der Waals surface area contributed by atoms with E-state index in [9.17, 15) is 14.0 Å². The van der Waals surface area contributed by atoms with E-state index in [1.165, 1.54) is 6.07 Å². The van der Waals surface area contributed by atoms with Gasteiger partial charge in [-0.25, -0.2) is 4.39 Å². The monoisotopic (exact) mass is 441 g/mol. The summed E-state index contributed by atoms with van der Waals surface area (Å²) < 4.78 is 27.0. The molecule has 0 radical (unpaired) electrons. The highest BCUT2D eigenvalue weighted by molar-refractivity contribution is 5.88. The first-order valence-corrected chi connectivity index (χ1v) is 10.8. The van der Waals surface area contributed by atoms with Gasteiger partial charge in [0.05, 0.1) is 24.1 Å². The zero-order valence-corrected chi connectivity index (χ0v) is 18.4. The second-order valence-electron chi connectivity index (χ2n) is 7.43. The highest BCUT2D eigenvalue weighted by Crippen LogP contribution is 2.27. The van der Waals surface area contributed by atoms with E-state index < -0.39 is 17.2 Å². The topological polar surface area (TPSA) is 77.8 Å². The first-order valence-electron chi connectivity index (χ1n) is 10.8. The van der Waals surface area contributed by atoms with Gasteiger partial charge >= 0.3 is 5.97 Å². The van der Waals surface area contributed by atoms with Crippen LogP contribution in [0.5, 0.6) is 5.75 Å². The minimum absolute atomic E-state index is 0.0268. The number of aryl methyl sites for hydroxylation is 1. The lowest BCUT2D eigenvalue weighted by molar-refractivity contribution is -0.143. The number of hydrogen-bond donors (Lipinski definition) is 1. The number of rotatable bonds is 10. The van der Waals surface area contributed by atoms with Crippen molar-refractivity contribution in [3.05, 3.63) is 64.2 Å². The molecule has 0 aliphatic heterocycles. The van der Waals surface area contributed by atoms with E-state index in [0.717, 1.165) is 18.4 Å². The van der Waals surface area contributed by atoms with Crippen molar-refractivity contribution in [1.29, 1.82) is 0 Å². The van der Waals surface area contributed by atoms with Crippen LogP contribution >= 0.6 is 0 Å². The van der Waals surface area contributed by atoms with Gasteiger partial charge in [0.2, 0.25) is 0 Å². The number of hydrogen-bond acceptors (Lipinski definition) is 5. The number of ether oxygens (including phenoxy) is 2. The Morgan fingerprint density at radius 2 is 1.88 bits per heavy atom. The van der Waals surface area contributed by atoms with E-state index in [-0.39, 0.29) is 37.3 Å². The standard InChI is InChI=1S/C25H28FNO5/c1-3-5-6-18-9-12-21(26)23-24(18)27(16-22(29)31-4-2)15-20(25(23)30)17-7-10-19(11-8-17)32-14-13-28/h7-12,15,28H,3-6,13-14,16H2,1-2H3. The number of carbonyl (C=O) groups excluding carboxylic acids is 1. The highest BCUT2D eigenvalue weighted by Gasteiger charge is 2.19. The molecule has 0 fully saturated rings. The minimum atomic E-state index is -0.618. The maximum atomic E-state index is 14.9. The van der Waals surface area contributed by atoms with Crippen LogP contribution in [0.15, 0.2) is 47.4 Å². The molecule has 0 aliphatic rings. The molecule has 0 bridgehead atoms. The maximum Gasteiger partial charge on any atom is 0.325 e. The van der Waals surface area contributed by atoms with Crippen molar-refractivity contribution < 1.29 is 23.8 Å². The number of aliphatic hydroxyl groups excluding tert-OH is 1. The zero-order chi connectivity index (χ0) is 23.1. The van der Waals surface area contributed by atoms with Crippen LogP contribution in [0.2, 0.25) is 0 Å². The number of benzene rings is 2. The van der Waals surface area contributed by atoms with E-state index in [1.807, 2.05) is 0 Å². The normalized spacial score (nSPS) is 11.0. The highest BCUT2D eigenvalue weighted by atomic mass is 19.1. The van der Waals surface area contributed by atoms with Crippen LogP contribution < -0.4 is 10.2 Å². The van der Waals surface area contributed by atoms with Gasteiger partial charge in [0.25, 0.3) is 0 Å². The molecule has 1 N–H and O–H groups in total. The molecule has 1 heterocycles. The number of halogens is 1. The Morgan fingerprint density at radius 3 is 2.53 bits per heavy atom. The van der Waals surface area contributed by atoms with E-state index in [0.29, 0.717) is 23.3 Å². The van der Waals surface area contributed by atoms with Crippen molar-refractivity contribution >= 4 is 16.9 Å². The van der Waals surface area contributed by atoms with E-state index in [2.05, 4.69) is 6.92 Å². The molecule has 0 atom stereocenters. The van der Waals surface area contributed by atoms with Gasteiger partial charge in [0.1, 0.15) is 24.7 Å². The van der Waals surface area contributed by atoms with Crippen molar-refractivity contribution in [2.75, 3.05) is 19.8 Å². The Kier molecular flexibility index (Phi) is 8.00. The fourth-order valence-electron chi connectivity index (χ4n) is 3.71. The van der Waals surface area contributed by atoms with Gasteiger partial charge in [-0.3, -0.25) is 9.59 Å². The molecular weight excluding hydrogens is 413 g/mol. The van der Waals surface area contributed by atoms with Gasteiger partial charge in [-0.15, -0.1) is 0 Å². The summed E-state index contributed by atoms with van der Waals surface area (Å²) in [6.45, 7) is 3.94. The summed E-state index contributed by atoms with van der Waals surface area (Å²) in [6, 6.07) is 9.75. The average molecular weight is 441 g/mol. The number of unbranched alkanes of at least 4 members (excludes halogenated alkanes) is 1. The predicted molar refractivity (Wildman–Crippen MR) is 121 cm³/mol. The molecule has 0 spiro atoms. The van der Waals surface area contributed by atoms with Crippen LogP contribution in [-0.4, -0.2) is 35.5 Å². The van der Waals surface area contributed by atoms with Gasteiger partial charge in [0.15, 0.2) is 5.43 Å². The van der Waals surface area contributed by atoms with Crippen LogP contribution in [0.25, 0.3) is 22.0 Å². The third-order valence-electron chi connectivity index (χ3n) is 5.18. The maximum absolute atomic E-state index is 14.9. The summed E-state index contributed by atoms with van der Waals surface area (Å²) in [5, 5.41) is 8.87. The van der Waals surface area contributed by atoms with E-state index in [4.69, 9.17) is 14.6 Å². The number of carbonyl (C=O) groups is 1. The largest absolute Gasteiger partial charge is 0.491 e. The number of pyridine rings is 1. The lowest BCUT2D eigenvalue weighted by atomic mass is 9.99. The van der Waals surface area contributed by atoms with Crippen LogP contribution in [0.3, 0.4) is 0 Å². The summed E-state index contributed by atoms with van der Waals surface area (Å²) in [6.07, 6.45) is 4.10. The van der Waals surface area contributed by atoms with Crippen LogP contribution in [0.1, 0.15) is 32.3 Å². The molecule has 0 amide bonds. The molecule has 7 heteroatoms. The van der Waals surface area contributed by atoms with E-state index in [1.54, 1.807) is 48.0 Å². The third-order valence-corrected chi connectivity index (χ3v) is 5.18. The lowest BCUT2D eigenvalue weighted by Crippen LogP contribution is -2.20. The fourth-order valence-corrected chi connectivity index (χ4v) is 3.71. The smallest absolute Gasteiger partial charge is 0.325 e. The number of nitrogens with zero attached hydrogens (tertiary/aromatic N) is 1. The summed E-state index contributed by atoms with van der Waals surface area (Å²) in [5.74, 6) is -0.530. The molecule has 32 heavy (non-hydrogen) atoms. The minimum Gasteiger partial charge on any atom is -0.491 e. The third kappa shape index (κ3) is 5.16. The molecule has 0 aliphatic carbocycles. The quantitative estimate of drug-likeness (QED) is 0.480. The van der Waals surface area contributed by atoms with Gasteiger partial charge in [0, 0.05) is 11.8 Å². The predicted octanol–water partition coefficient (Wildman–Crippen LogP) is 4.08. The first kappa shape index (κ1) is 23.5. The fraction of sp³-hybridized carbons (Fsp3) is 0.360. The second-order valence-corrected chi connectivity index (χ2v) is 7.43. The van der Waals surface area contributed by atoms with Crippen molar-refractivity contribution in [3.8, 4) is 16.9 Å². The SMILES string of the molecule is CCCCc1ccc(F)c2c(=O)c(-c3ccc(OCCO)cc3)cn(CC(=O)OCC)c12. The average Bonchev–Trinajstić information content (AvgIpc) is 2.79. The Bertz CT molecular complexity index is 1140. The van der Waals surface area contributed by atoms with Gasteiger partial charge < -0.3 is 19.1 Å². The van der Waals surface area contributed by atoms with Crippen LogP contribution in [-0.2, 0) is 22.5 Å². The molecular formula is C25H28FNO5. The zero-order valence-electron chi connectivity index (χ0n) is 18.4. The first-order chi connectivity index (χ1) is 15.5. The van der Waals surface area contributed by atoms with Gasteiger partial charge in [-0.2, -0.15) is 0 Å². The van der Waals surface area contributed by atoms with E-state index >= 15 is 0 Å². The lowest BCUT2D eigenvalue weighted by Gasteiger charge is -2.17. The number of aromatic nitrogens is 1. The Balaban J connectivity index is 2.19. The summed E-state index contributed by atoms with van der Waals surface area (Å²) in [7, 11) is 0. The molecule has 170 valence electrons. The molecule has 3 rings (SSSR count). The molecule has 1 aromatic heterocycles. The van der Waals surface area contributed by atoms with Crippen molar-refractivity contribution in [3.63, 3.8) is 0 Å². The number of esters is 1. The molecule has 6 nitrogen and oxygen atoms in total. The number of fused-ring (bicyclic) bond motifs is 1. The van der Waals surface area contributed by atoms with Crippen LogP contribution in [0.4, 0.5) is 4.39 Å². The Morgan fingerprint density at radius 1 is 1.12 bits per heavy atom. The van der Waals surface area contributed by atoms with Gasteiger partial charge in [-0.1, -0.05) is 31.5 Å². The molecule has 0 saturated carbocycles.